The molecular formula is C23H38N2O2S. The summed E-state index contributed by atoms with van der Waals surface area (Å²) in [5, 5.41) is 13.6. The van der Waals surface area contributed by atoms with Crippen molar-refractivity contribution in [3.05, 3.63) is 29.8 Å². The smallest absolute Gasteiger partial charge is 0.226 e. The lowest BCUT2D eigenvalue weighted by Crippen LogP contribution is -2.46. The summed E-state index contributed by atoms with van der Waals surface area (Å²) in [6.07, 6.45) is 5.79. The van der Waals surface area contributed by atoms with Gasteiger partial charge in [0, 0.05) is 29.9 Å². The van der Waals surface area contributed by atoms with Crippen LogP contribution in [0.15, 0.2) is 29.2 Å². The minimum absolute atomic E-state index is 0.135. The van der Waals surface area contributed by atoms with Gasteiger partial charge in [0.25, 0.3) is 0 Å². The Labute approximate surface area is 175 Å². The standard InChI is InChI=1S/C23H38N2O2S/c1-5-23(13-7-6-8-14-23)22(27)24-15-20(26)17-25(16-18(2)3)28-21-11-9-19(4)10-12-21/h9-12,18,20,26H,5-8,13-17H2,1-4H3,(H,24,27)/t20-/m0/s1. The van der Waals surface area contributed by atoms with Crippen LogP contribution in [0.4, 0.5) is 0 Å². The molecule has 0 heterocycles. The van der Waals surface area contributed by atoms with Crippen molar-refractivity contribution in [1.29, 1.82) is 0 Å². The molecule has 1 fully saturated rings. The Morgan fingerprint density at radius 3 is 2.39 bits per heavy atom. The van der Waals surface area contributed by atoms with Gasteiger partial charge in [0.15, 0.2) is 0 Å². The molecular weight excluding hydrogens is 368 g/mol. The fourth-order valence-corrected chi connectivity index (χ4v) is 5.15. The zero-order chi connectivity index (χ0) is 20.6. The van der Waals surface area contributed by atoms with E-state index in [4.69, 9.17) is 0 Å². The number of nitrogens with zero attached hydrogens (tertiary/aromatic N) is 1. The fraction of sp³-hybridized carbons (Fsp3) is 0.696. The summed E-state index contributed by atoms with van der Waals surface area (Å²) in [4.78, 5) is 14.0. The summed E-state index contributed by atoms with van der Waals surface area (Å²) in [7, 11) is 0. The predicted molar refractivity (Wildman–Crippen MR) is 118 cm³/mol. The van der Waals surface area contributed by atoms with Gasteiger partial charge >= 0.3 is 0 Å². The lowest BCUT2D eigenvalue weighted by molar-refractivity contribution is -0.133. The van der Waals surface area contributed by atoms with Gasteiger partial charge in [0.05, 0.1) is 6.10 Å². The summed E-state index contributed by atoms with van der Waals surface area (Å²) in [5.41, 5.74) is 1.03. The molecule has 1 aliphatic carbocycles. The molecule has 0 aliphatic heterocycles. The van der Waals surface area contributed by atoms with Crippen molar-refractivity contribution in [2.45, 2.75) is 77.2 Å². The van der Waals surface area contributed by atoms with Gasteiger partial charge in [-0.05, 0) is 56.2 Å². The van der Waals surface area contributed by atoms with Crippen molar-refractivity contribution in [2.24, 2.45) is 11.3 Å². The van der Waals surface area contributed by atoms with Crippen LogP contribution in [0.1, 0.15) is 64.9 Å². The number of amides is 1. The van der Waals surface area contributed by atoms with Crippen LogP contribution in [-0.2, 0) is 4.79 Å². The lowest BCUT2D eigenvalue weighted by Gasteiger charge is -2.35. The van der Waals surface area contributed by atoms with Crippen LogP contribution in [-0.4, -0.2) is 41.1 Å². The third-order valence-electron chi connectivity index (χ3n) is 5.71. The lowest BCUT2D eigenvalue weighted by atomic mass is 9.71. The average Bonchev–Trinajstić information content (AvgIpc) is 2.67. The van der Waals surface area contributed by atoms with Gasteiger partial charge in [-0.3, -0.25) is 4.79 Å². The molecule has 0 aromatic heterocycles. The summed E-state index contributed by atoms with van der Waals surface area (Å²) < 4.78 is 2.21. The van der Waals surface area contributed by atoms with Gasteiger partial charge in [-0.15, -0.1) is 0 Å². The van der Waals surface area contributed by atoms with Crippen LogP contribution in [0.25, 0.3) is 0 Å². The Hall–Kier alpha value is -1.04. The summed E-state index contributed by atoms with van der Waals surface area (Å²) in [6.45, 7) is 10.3. The van der Waals surface area contributed by atoms with E-state index in [-0.39, 0.29) is 11.3 Å². The highest BCUT2D eigenvalue weighted by Gasteiger charge is 2.37. The van der Waals surface area contributed by atoms with E-state index < -0.39 is 6.10 Å². The second-order valence-corrected chi connectivity index (χ2v) is 9.87. The number of carbonyl (C=O) groups excluding carboxylic acids is 1. The normalized spacial score (nSPS) is 17.7. The molecule has 1 aromatic rings. The SMILES string of the molecule is CCC1(C(=O)NC[C@H](O)CN(CC(C)C)Sc2ccc(C)cc2)CCCCC1. The number of aliphatic hydroxyl groups is 1. The third kappa shape index (κ3) is 7.09. The van der Waals surface area contributed by atoms with Gasteiger partial charge in [0.2, 0.25) is 5.91 Å². The van der Waals surface area contributed by atoms with Crippen LogP contribution in [0, 0.1) is 18.3 Å². The molecule has 1 saturated carbocycles. The van der Waals surface area contributed by atoms with E-state index in [1.165, 1.54) is 16.9 Å². The Kier molecular flexibility index (Phi) is 9.32. The highest BCUT2D eigenvalue weighted by atomic mass is 32.2. The molecule has 0 spiro atoms. The van der Waals surface area contributed by atoms with Crippen molar-refractivity contribution in [2.75, 3.05) is 19.6 Å². The number of nitrogens with one attached hydrogen (secondary N) is 1. The minimum atomic E-state index is -0.571. The van der Waals surface area contributed by atoms with Crippen molar-refractivity contribution in [1.82, 2.24) is 9.62 Å². The van der Waals surface area contributed by atoms with Gasteiger partial charge < -0.3 is 10.4 Å². The highest BCUT2D eigenvalue weighted by Crippen LogP contribution is 2.39. The Morgan fingerprint density at radius 2 is 1.82 bits per heavy atom. The number of aliphatic hydroxyl groups excluding tert-OH is 1. The molecule has 0 saturated heterocycles. The first-order valence-electron chi connectivity index (χ1n) is 10.8. The second kappa shape index (κ2) is 11.2. The number of benzene rings is 1. The summed E-state index contributed by atoms with van der Waals surface area (Å²) >= 11 is 1.68. The Morgan fingerprint density at radius 1 is 1.18 bits per heavy atom. The van der Waals surface area contributed by atoms with Gasteiger partial charge in [-0.1, -0.05) is 57.7 Å². The van der Waals surface area contributed by atoms with Crippen molar-refractivity contribution >= 4 is 17.9 Å². The number of hydrogen-bond acceptors (Lipinski definition) is 4. The molecule has 1 amide bonds. The number of rotatable bonds is 10. The molecule has 5 heteroatoms. The maximum absolute atomic E-state index is 12.8. The molecule has 0 radical (unpaired) electrons. The van der Waals surface area contributed by atoms with Crippen molar-refractivity contribution in [3.63, 3.8) is 0 Å². The molecule has 1 aromatic carbocycles. The number of hydrogen-bond donors (Lipinski definition) is 2. The van der Waals surface area contributed by atoms with Crippen LogP contribution in [0.2, 0.25) is 0 Å². The quantitative estimate of drug-likeness (QED) is 0.548. The predicted octanol–water partition coefficient (Wildman–Crippen LogP) is 4.80. The fourth-order valence-electron chi connectivity index (χ4n) is 3.97. The zero-order valence-corrected chi connectivity index (χ0v) is 18.9. The Balaban J connectivity index is 1.88. The van der Waals surface area contributed by atoms with Crippen molar-refractivity contribution in [3.8, 4) is 0 Å². The molecule has 158 valence electrons. The molecule has 2 rings (SSSR count). The third-order valence-corrected chi connectivity index (χ3v) is 6.75. The Bertz CT molecular complexity index is 597. The molecule has 4 nitrogen and oxygen atoms in total. The molecule has 0 unspecified atom stereocenters. The molecule has 1 aliphatic rings. The number of aryl methyl sites for hydroxylation is 1. The van der Waals surface area contributed by atoms with E-state index in [1.54, 1.807) is 11.9 Å². The van der Waals surface area contributed by atoms with E-state index in [1.807, 2.05) is 0 Å². The van der Waals surface area contributed by atoms with Crippen LogP contribution >= 0.6 is 11.9 Å². The van der Waals surface area contributed by atoms with Gasteiger partial charge in [-0.2, -0.15) is 0 Å². The topological polar surface area (TPSA) is 52.6 Å². The molecule has 0 bridgehead atoms. The van der Waals surface area contributed by atoms with Crippen molar-refractivity contribution < 1.29 is 9.90 Å². The van der Waals surface area contributed by atoms with E-state index in [9.17, 15) is 9.90 Å². The monoisotopic (exact) mass is 406 g/mol. The van der Waals surface area contributed by atoms with Crippen LogP contribution in [0.3, 0.4) is 0 Å². The first kappa shape index (κ1) is 23.2. The molecule has 28 heavy (non-hydrogen) atoms. The maximum atomic E-state index is 12.8. The van der Waals surface area contributed by atoms with E-state index in [0.717, 1.165) is 38.6 Å². The van der Waals surface area contributed by atoms with E-state index in [2.05, 4.69) is 61.6 Å². The van der Waals surface area contributed by atoms with Crippen LogP contribution < -0.4 is 5.32 Å². The van der Waals surface area contributed by atoms with E-state index >= 15 is 0 Å². The molecule has 2 N–H and O–H groups in total. The summed E-state index contributed by atoms with van der Waals surface area (Å²) in [6, 6.07) is 8.47. The maximum Gasteiger partial charge on any atom is 0.226 e. The minimum Gasteiger partial charge on any atom is -0.390 e. The highest BCUT2D eigenvalue weighted by molar-refractivity contribution is 7.97. The average molecular weight is 407 g/mol. The molecule has 1 atom stereocenters. The first-order chi connectivity index (χ1) is 13.3. The van der Waals surface area contributed by atoms with E-state index in [0.29, 0.717) is 19.0 Å². The van der Waals surface area contributed by atoms with Crippen LogP contribution in [0.5, 0.6) is 0 Å². The van der Waals surface area contributed by atoms with Gasteiger partial charge in [-0.25, -0.2) is 4.31 Å². The van der Waals surface area contributed by atoms with Gasteiger partial charge in [0.1, 0.15) is 0 Å². The largest absolute Gasteiger partial charge is 0.390 e. The summed E-state index contributed by atoms with van der Waals surface area (Å²) in [5.74, 6) is 0.640. The second-order valence-electron chi connectivity index (χ2n) is 8.70. The first-order valence-corrected chi connectivity index (χ1v) is 11.6. The number of carbonyl (C=O) groups is 1. The zero-order valence-electron chi connectivity index (χ0n) is 18.0.